The van der Waals surface area contributed by atoms with Crippen LogP contribution in [0.3, 0.4) is 0 Å². The summed E-state index contributed by atoms with van der Waals surface area (Å²) in [6.07, 6.45) is 0. The Hall–Kier alpha value is -0.510. The molecule has 2 nitrogen and oxygen atoms in total. The molecule has 0 atom stereocenters. The molecule has 0 saturated carbocycles. The number of halogens is 3. The Morgan fingerprint density at radius 3 is 2.57 bits per heavy atom. The van der Waals surface area contributed by atoms with Gasteiger partial charge in [-0.15, -0.1) is 0 Å². The van der Waals surface area contributed by atoms with Crippen molar-refractivity contribution in [1.29, 1.82) is 0 Å². The van der Waals surface area contributed by atoms with Crippen molar-refractivity contribution < 1.29 is 4.42 Å². The molecule has 1 aromatic heterocycles. The highest BCUT2D eigenvalue weighted by molar-refractivity contribution is 9.10. The van der Waals surface area contributed by atoms with Crippen molar-refractivity contribution in [3.8, 4) is 0 Å². The molecule has 0 aliphatic carbocycles. The largest absolute Gasteiger partial charge is 0.423 e. The van der Waals surface area contributed by atoms with E-state index in [0.29, 0.717) is 25.5 Å². The molecule has 0 saturated heterocycles. The van der Waals surface area contributed by atoms with Crippen LogP contribution in [-0.4, -0.2) is 0 Å². The van der Waals surface area contributed by atoms with Gasteiger partial charge in [0, 0.05) is 15.9 Å². The molecule has 0 bridgehead atoms. The lowest BCUT2D eigenvalue weighted by Crippen LogP contribution is -1.95. The van der Waals surface area contributed by atoms with Gasteiger partial charge in [-0.05, 0) is 28.1 Å². The Morgan fingerprint density at radius 1 is 1.14 bits per heavy atom. The third-order valence-corrected chi connectivity index (χ3v) is 3.24. The number of hydrogen-bond donors (Lipinski definition) is 0. The molecular formula is C9H3BrCl2O2. The van der Waals surface area contributed by atoms with Gasteiger partial charge in [-0.25, -0.2) is 4.79 Å². The van der Waals surface area contributed by atoms with E-state index in [2.05, 4.69) is 15.9 Å². The second kappa shape index (κ2) is 3.57. The Kier molecular flexibility index (Phi) is 2.56. The van der Waals surface area contributed by atoms with Crippen LogP contribution < -0.4 is 5.63 Å². The number of benzene rings is 1. The van der Waals surface area contributed by atoms with Crippen LogP contribution in [0.1, 0.15) is 0 Å². The maximum Gasteiger partial charge on any atom is 0.337 e. The topological polar surface area (TPSA) is 30.2 Å². The zero-order valence-corrected chi connectivity index (χ0v) is 9.78. The summed E-state index contributed by atoms with van der Waals surface area (Å²) in [5.74, 6) is 0. The molecule has 0 spiro atoms. The zero-order valence-electron chi connectivity index (χ0n) is 6.68. The van der Waals surface area contributed by atoms with Crippen LogP contribution >= 0.6 is 39.1 Å². The van der Waals surface area contributed by atoms with Crippen LogP contribution in [0.5, 0.6) is 0 Å². The Labute approximate surface area is 97.6 Å². The maximum absolute atomic E-state index is 11.0. The van der Waals surface area contributed by atoms with E-state index < -0.39 is 5.63 Å². The molecule has 1 aromatic carbocycles. The quantitative estimate of drug-likeness (QED) is 0.691. The average molecular weight is 294 g/mol. The highest BCUT2D eigenvalue weighted by Crippen LogP contribution is 2.30. The van der Waals surface area contributed by atoms with Gasteiger partial charge in [0.15, 0.2) is 0 Å². The molecular weight excluding hydrogens is 291 g/mol. The summed E-state index contributed by atoms with van der Waals surface area (Å²) >= 11 is 15.0. The van der Waals surface area contributed by atoms with E-state index in [1.165, 1.54) is 6.07 Å². The van der Waals surface area contributed by atoms with Crippen LogP contribution in [0.25, 0.3) is 11.0 Å². The second-order valence-corrected chi connectivity index (χ2v) is 4.34. The Balaban J connectivity index is 2.96. The fourth-order valence-electron chi connectivity index (χ4n) is 1.12. The highest BCUT2D eigenvalue weighted by Gasteiger charge is 2.06. The van der Waals surface area contributed by atoms with Gasteiger partial charge in [0.1, 0.15) is 5.58 Å². The summed E-state index contributed by atoms with van der Waals surface area (Å²) in [6, 6.07) is 4.48. The van der Waals surface area contributed by atoms with Gasteiger partial charge in [-0.3, -0.25) is 0 Å². The van der Waals surface area contributed by atoms with E-state index in [-0.39, 0.29) is 0 Å². The molecule has 0 aliphatic heterocycles. The summed E-state index contributed by atoms with van der Waals surface area (Å²) in [6.45, 7) is 0. The van der Waals surface area contributed by atoms with E-state index in [1.807, 2.05) is 0 Å². The monoisotopic (exact) mass is 292 g/mol. The van der Waals surface area contributed by atoms with Gasteiger partial charge >= 0.3 is 5.63 Å². The third-order valence-electron chi connectivity index (χ3n) is 1.73. The van der Waals surface area contributed by atoms with Gasteiger partial charge in [0.2, 0.25) is 0 Å². The predicted molar refractivity (Wildman–Crippen MR) is 60.2 cm³/mol. The van der Waals surface area contributed by atoms with Gasteiger partial charge in [-0.1, -0.05) is 23.2 Å². The van der Waals surface area contributed by atoms with Crippen molar-refractivity contribution in [2.24, 2.45) is 0 Å². The van der Waals surface area contributed by atoms with E-state index >= 15 is 0 Å². The minimum atomic E-state index is -0.475. The molecule has 72 valence electrons. The molecule has 0 aliphatic rings. The van der Waals surface area contributed by atoms with Crippen LogP contribution in [-0.2, 0) is 0 Å². The van der Waals surface area contributed by atoms with Crippen LogP contribution in [0.2, 0.25) is 10.0 Å². The lowest BCUT2D eigenvalue weighted by Gasteiger charge is -2.00. The van der Waals surface area contributed by atoms with Crippen LogP contribution in [0.15, 0.2) is 31.9 Å². The first kappa shape index (κ1) is 10.0. The summed E-state index contributed by atoms with van der Waals surface area (Å²) < 4.78 is 5.61. The fraction of sp³-hybridized carbons (Fsp3) is 0. The maximum atomic E-state index is 11.0. The summed E-state index contributed by atoms with van der Waals surface area (Å²) in [5, 5.41) is 1.48. The first-order valence-corrected chi connectivity index (χ1v) is 5.21. The van der Waals surface area contributed by atoms with Gasteiger partial charge in [-0.2, -0.15) is 0 Å². The molecule has 0 radical (unpaired) electrons. The molecule has 2 aromatic rings. The second-order valence-electron chi connectivity index (χ2n) is 2.68. The van der Waals surface area contributed by atoms with E-state index in [4.69, 9.17) is 27.6 Å². The van der Waals surface area contributed by atoms with Gasteiger partial charge in [0.05, 0.1) is 10.0 Å². The lowest BCUT2D eigenvalue weighted by molar-refractivity contribution is 0.561. The molecule has 0 fully saturated rings. The molecule has 0 unspecified atom stereocenters. The minimum Gasteiger partial charge on any atom is -0.423 e. The van der Waals surface area contributed by atoms with E-state index in [1.54, 1.807) is 12.1 Å². The van der Waals surface area contributed by atoms with Gasteiger partial charge < -0.3 is 4.42 Å². The van der Waals surface area contributed by atoms with Crippen molar-refractivity contribution in [2.75, 3.05) is 0 Å². The number of fused-ring (bicyclic) bond motifs is 1. The molecule has 0 N–H and O–H groups in total. The normalized spacial score (nSPS) is 10.8. The minimum absolute atomic E-state index is 0.339. The number of hydrogen-bond acceptors (Lipinski definition) is 2. The van der Waals surface area contributed by atoms with Crippen molar-refractivity contribution in [1.82, 2.24) is 0 Å². The highest BCUT2D eigenvalue weighted by atomic mass is 79.9. The fourth-order valence-corrected chi connectivity index (χ4v) is 1.84. The standard InChI is InChI=1S/C9H3BrCl2O2/c10-5-2-8-4(1-7(5)12)6(11)3-9(13)14-8/h1-3H. The van der Waals surface area contributed by atoms with Crippen molar-refractivity contribution in [3.05, 3.63) is 43.1 Å². The first-order valence-electron chi connectivity index (χ1n) is 3.66. The first-order chi connectivity index (χ1) is 6.58. The molecule has 2 rings (SSSR count). The molecule has 0 amide bonds. The van der Waals surface area contributed by atoms with Crippen molar-refractivity contribution in [3.63, 3.8) is 0 Å². The smallest absolute Gasteiger partial charge is 0.337 e. The average Bonchev–Trinajstić information content (AvgIpc) is 2.08. The summed E-state index contributed by atoms with van der Waals surface area (Å²) in [4.78, 5) is 11.0. The molecule has 5 heteroatoms. The van der Waals surface area contributed by atoms with Crippen molar-refractivity contribution in [2.45, 2.75) is 0 Å². The Morgan fingerprint density at radius 2 is 1.86 bits per heavy atom. The van der Waals surface area contributed by atoms with Crippen LogP contribution in [0, 0.1) is 0 Å². The van der Waals surface area contributed by atoms with Crippen molar-refractivity contribution >= 4 is 50.1 Å². The Bertz CT molecular complexity index is 562. The molecule has 14 heavy (non-hydrogen) atoms. The molecule has 1 heterocycles. The third kappa shape index (κ3) is 1.67. The SMILES string of the molecule is O=c1cc(Cl)c2cc(Cl)c(Br)cc2o1. The summed E-state index contributed by atoms with van der Waals surface area (Å²) in [7, 11) is 0. The number of rotatable bonds is 0. The van der Waals surface area contributed by atoms with E-state index in [0.717, 1.165) is 0 Å². The zero-order chi connectivity index (χ0) is 10.3. The van der Waals surface area contributed by atoms with Crippen LogP contribution in [0.4, 0.5) is 0 Å². The van der Waals surface area contributed by atoms with E-state index in [9.17, 15) is 4.79 Å². The summed E-state index contributed by atoms with van der Waals surface area (Å²) in [5.41, 5.74) is -0.0597. The predicted octanol–water partition coefficient (Wildman–Crippen LogP) is 3.86. The van der Waals surface area contributed by atoms with Gasteiger partial charge in [0.25, 0.3) is 0 Å². The lowest BCUT2D eigenvalue weighted by atomic mass is 10.2.